The smallest absolute Gasteiger partial charge is 0.303 e. The third-order valence-electron chi connectivity index (χ3n) is 2.97. The van der Waals surface area contributed by atoms with Gasteiger partial charge in [0.15, 0.2) is 24.6 Å². The molecule has 1 saturated heterocycles. The van der Waals surface area contributed by atoms with Crippen LogP contribution in [0.1, 0.15) is 27.7 Å². The Morgan fingerprint density at radius 1 is 0.792 bits per heavy atom. The van der Waals surface area contributed by atoms with E-state index in [9.17, 15) is 24.3 Å². The van der Waals surface area contributed by atoms with Crippen molar-refractivity contribution >= 4 is 23.9 Å². The molecule has 1 heterocycles. The highest BCUT2D eigenvalue weighted by atomic mass is 16.7. The molecule has 136 valence electrons. The quantitative estimate of drug-likeness (QED) is 0.490. The average molecular weight is 348 g/mol. The molecule has 0 saturated carbocycles. The molecule has 1 N–H and O–H groups in total. The normalized spacial score (nSPS) is 29.3. The fourth-order valence-corrected chi connectivity index (χ4v) is 2.21. The summed E-state index contributed by atoms with van der Waals surface area (Å²) in [6.07, 6.45) is -6.79. The Labute approximate surface area is 137 Å². The first kappa shape index (κ1) is 19.8. The van der Waals surface area contributed by atoms with Crippen LogP contribution in [-0.4, -0.2) is 66.3 Å². The van der Waals surface area contributed by atoms with Gasteiger partial charge >= 0.3 is 23.9 Å². The minimum absolute atomic E-state index is 0.366. The first-order chi connectivity index (χ1) is 11.1. The van der Waals surface area contributed by atoms with Crippen molar-refractivity contribution in [2.75, 3.05) is 6.61 Å². The number of rotatable bonds is 5. The SMILES string of the molecule is CC(=O)OC[C@@H]1O[C@H](O)[C@H](OC(C)=O)[C@@H](OC(C)=O)[C@H]1OC(C)=O. The molecule has 0 bridgehead atoms. The number of carbonyl (C=O) groups is 4. The zero-order valence-electron chi connectivity index (χ0n) is 13.7. The molecule has 0 amide bonds. The second-order valence-electron chi connectivity index (χ2n) is 5.09. The molecule has 24 heavy (non-hydrogen) atoms. The van der Waals surface area contributed by atoms with Crippen molar-refractivity contribution in [1.82, 2.24) is 0 Å². The van der Waals surface area contributed by atoms with Crippen LogP contribution in [0.4, 0.5) is 0 Å². The van der Waals surface area contributed by atoms with Gasteiger partial charge in [-0.3, -0.25) is 19.2 Å². The summed E-state index contributed by atoms with van der Waals surface area (Å²) in [6, 6.07) is 0. The molecular weight excluding hydrogens is 328 g/mol. The van der Waals surface area contributed by atoms with Crippen molar-refractivity contribution in [2.24, 2.45) is 0 Å². The van der Waals surface area contributed by atoms with Crippen molar-refractivity contribution < 1.29 is 48.0 Å². The Kier molecular flexibility index (Phi) is 7.11. The largest absolute Gasteiger partial charge is 0.463 e. The highest BCUT2D eigenvalue weighted by Gasteiger charge is 2.51. The molecule has 0 spiro atoms. The summed E-state index contributed by atoms with van der Waals surface area (Å²) < 4.78 is 25.0. The predicted molar refractivity (Wildman–Crippen MR) is 74.2 cm³/mol. The molecule has 0 unspecified atom stereocenters. The predicted octanol–water partition coefficient (Wildman–Crippen LogP) is -0.938. The van der Waals surface area contributed by atoms with Crippen LogP contribution < -0.4 is 0 Å². The Balaban J connectivity index is 3.11. The van der Waals surface area contributed by atoms with Crippen molar-refractivity contribution in [2.45, 2.75) is 58.4 Å². The van der Waals surface area contributed by atoms with E-state index < -0.39 is 54.6 Å². The van der Waals surface area contributed by atoms with Gasteiger partial charge in [0.1, 0.15) is 12.7 Å². The Morgan fingerprint density at radius 3 is 1.71 bits per heavy atom. The van der Waals surface area contributed by atoms with E-state index >= 15 is 0 Å². The highest BCUT2D eigenvalue weighted by molar-refractivity contribution is 5.68. The van der Waals surface area contributed by atoms with Gasteiger partial charge in [0, 0.05) is 27.7 Å². The summed E-state index contributed by atoms with van der Waals surface area (Å²) in [5.41, 5.74) is 0. The molecule has 10 heteroatoms. The molecule has 5 atom stereocenters. The van der Waals surface area contributed by atoms with E-state index in [2.05, 4.69) is 0 Å². The molecule has 1 aliphatic heterocycles. The maximum atomic E-state index is 11.3. The molecule has 0 aliphatic carbocycles. The van der Waals surface area contributed by atoms with Crippen molar-refractivity contribution in [1.29, 1.82) is 0 Å². The van der Waals surface area contributed by atoms with Crippen LogP contribution in [0.25, 0.3) is 0 Å². The molecule has 0 aromatic carbocycles. The summed E-state index contributed by atoms with van der Waals surface area (Å²) in [6.45, 7) is 4.09. The Morgan fingerprint density at radius 2 is 1.25 bits per heavy atom. The van der Waals surface area contributed by atoms with Crippen LogP contribution >= 0.6 is 0 Å². The number of ether oxygens (including phenoxy) is 5. The fourth-order valence-electron chi connectivity index (χ4n) is 2.21. The van der Waals surface area contributed by atoms with Crippen molar-refractivity contribution in [3.8, 4) is 0 Å². The number of hydrogen-bond donors (Lipinski definition) is 1. The van der Waals surface area contributed by atoms with Crippen LogP contribution in [0.5, 0.6) is 0 Å². The molecule has 0 aromatic rings. The molecule has 0 radical (unpaired) electrons. The lowest BCUT2D eigenvalue weighted by molar-refractivity contribution is -0.296. The molecule has 1 fully saturated rings. The van der Waals surface area contributed by atoms with Crippen LogP contribution in [0.15, 0.2) is 0 Å². The lowest BCUT2D eigenvalue weighted by Gasteiger charge is -2.42. The average Bonchev–Trinajstić information content (AvgIpc) is 2.42. The molecular formula is C14H20O10. The lowest BCUT2D eigenvalue weighted by Crippen LogP contribution is -2.62. The van der Waals surface area contributed by atoms with E-state index in [0.29, 0.717) is 0 Å². The molecule has 1 rings (SSSR count). The summed E-state index contributed by atoms with van der Waals surface area (Å²) in [7, 11) is 0. The zero-order valence-corrected chi connectivity index (χ0v) is 13.7. The van der Waals surface area contributed by atoms with Gasteiger partial charge in [0.2, 0.25) is 0 Å². The van der Waals surface area contributed by atoms with Gasteiger partial charge < -0.3 is 28.8 Å². The van der Waals surface area contributed by atoms with Gasteiger partial charge in [-0.2, -0.15) is 0 Å². The van der Waals surface area contributed by atoms with Gasteiger partial charge in [0.25, 0.3) is 0 Å². The van der Waals surface area contributed by atoms with Gasteiger partial charge in [-0.25, -0.2) is 0 Å². The van der Waals surface area contributed by atoms with Crippen molar-refractivity contribution in [3.63, 3.8) is 0 Å². The Hall–Kier alpha value is -2.20. The maximum absolute atomic E-state index is 11.3. The number of aliphatic hydroxyl groups excluding tert-OH is 1. The van der Waals surface area contributed by atoms with Crippen LogP contribution in [0.2, 0.25) is 0 Å². The topological polar surface area (TPSA) is 135 Å². The van der Waals surface area contributed by atoms with E-state index in [1.54, 1.807) is 0 Å². The van der Waals surface area contributed by atoms with Gasteiger partial charge in [-0.1, -0.05) is 0 Å². The van der Waals surface area contributed by atoms with E-state index in [1.165, 1.54) is 0 Å². The van der Waals surface area contributed by atoms with E-state index in [4.69, 9.17) is 23.7 Å². The lowest BCUT2D eigenvalue weighted by atomic mass is 9.98. The first-order valence-electron chi connectivity index (χ1n) is 7.10. The number of hydrogen-bond acceptors (Lipinski definition) is 10. The monoisotopic (exact) mass is 348 g/mol. The van der Waals surface area contributed by atoms with Crippen LogP contribution in [0.3, 0.4) is 0 Å². The number of esters is 4. The standard InChI is InChI=1S/C14H20O10/c1-6(15)20-5-10-11(21-7(2)16)12(22-8(3)17)13(14(19)24-10)23-9(4)18/h10-14,19H,5H2,1-4H3/t10-,11-,12-,13+,14-/m0/s1. The first-order valence-corrected chi connectivity index (χ1v) is 7.10. The van der Waals surface area contributed by atoms with Gasteiger partial charge in [-0.05, 0) is 0 Å². The second kappa shape index (κ2) is 8.60. The van der Waals surface area contributed by atoms with E-state index in [1.807, 2.05) is 0 Å². The summed E-state index contributed by atoms with van der Waals surface area (Å²) in [4.78, 5) is 44.9. The summed E-state index contributed by atoms with van der Waals surface area (Å²) in [5.74, 6) is -2.87. The van der Waals surface area contributed by atoms with Gasteiger partial charge in [0.05, 0.1) is 0 Å². The highest BCUT2D eigenvalue weighted by Crippen LogP contribution is 2.28. The summed E-state index contributed by atoms with van der Waals surface area (Å²) >= 11 is 0. The maximum Gasteiger partial charge on any atom is 0.303 e. The van der Waals surface area contributed by atoms with Crippen LogP contribution in [-0.2, 0) is 42.9 Å². The molecule has 1 aliphatic rings. The zero-order chi connectivity index (χ0) is 18.4. The third kappa shape index (κ3) is 5.78. The fraction of sp³-hybridized carbons (Fsp3) is 0.714. The molecule has 10 nitrogen and oxygen atoms in total. The minimum atomic E-state index is -1.68. The number of aliphatic hydroxyl groups is 1. The third-order valence-corrected chi connectivity index (χ3v) is 2.97. The van der Waals surface area contributed by atoms with Gasteiger partial charge in [-0.15, -0.1) is 0 Å². The second-order valence-corrected chi connectivity index (χ2v) is 5.09. The number of carbonyl (C=O) groups excluding carboxylic acids is 4. The Bertz CT molecular complexity index is 502. The summed E-state index contributed by atoms with van der Waals surface area (Å²) in [5, 5.41) is 10.0. The molecule has 0 aromatic heterocycles. The minimum Gasteiger partial charge on any atom is -0.463 e. The van der Waals surface area contributed by atoms with E-state index in [0.717, 1.165) is 27.7 Å². The van der Waals surface area contributed by atoms with E-state index in [-0.39, 0.29) is 6.61 Å². The van der Waals surface area contributed by atoms with Crippen molar-refractivity contribution in [3.05, 3.63) is 0 Å². The van der Waals surface area contributed by atoms with Crippen LogP contribution in [0, 0.1) is 0 Å².